The minimum atomic E-state index is -1.06. The largest absolute Gasteiger partial charge is 1.00 e. The Labute approximate surface area is 524 Å². The molecular formula is C52H68IN9Na2O16. The van der Waals surface area contributed by atoms with Gasteiger partial charge in [-0.2, -0.15) is 15.8 Å². The molecule has 0 radical (unpaired) electrons. The van der Waals surface area contributed by atoms with Gasteiger partial charge in [0.05, 0.1) is 41.4 Å². The van der Waals surface area contributed by atoms with Gasteiger partial charge in [0.15, 0.2) is 0 Å². The van der Waals surface area contributed by atoms with Crippen LogP contribution < -0.4 is 90.1 Å². The van der Waals surface area contributed by atoms with Crippen molar-refractivity contribution in [2.75, 3.05) is 68.7 Å². The molecule has 3 heterocycles. The van der Waals surface area contributed by atoms with E-state index in [1.54, 1.807) is 116 Å². The zero-order valence-corrected chi connectivity index (χ0v) is 53.0. The summed E-state index contributed by atoms with van der Waals surface area (Å²) in [7, 11) is 0. The van der Waals surface area contributed by atoms with Gasteiger partial charge >= 0.3 is 95.4 Å². The number of nitrogens with one attached hydrogen (secondary N) is 3. The second-order valence-corrected chi connectivity index (χ2v) is 20.7. The molecule has 3 fully saturated rings. The molecule has 80 heavy (non-hydrogen) atoms. The SMILES string of the molecule is CC(C)(C)OC(=O)N1CCN(c2cccc(C#N)c2)C(C(=O)O)C1.CC(C)(C)OC(=O)OC(=O)OC(C)(C)C.N#Cc1cccc(I)c1.N#Cc1cccc(N2CCNCC2C(=O)O)c1.O=C(O)C1CNCCN1.O=CO[O-].[H-].[Na+].[Na+]. The first-order valence-corrected chi connectivity index (χ1v) is 24.9. The second kappa shape index (κ2) is 38.8. The Balaban J connectivity index is -0.000000952. The van der Waals surface area contributed by atoms with Gasteiger partial charge in [0.2, 0.25) is 0 Å². The Kier molecular flexibility index (Phi) is 37.0. The van der Waals surface area contributed by atoms with Gasteiger partial charge in [-0.3, -0.25) is 9.59 Å². The van der Waals surface area contributed by atoms with Crippen molar-refractivity contribution in [3.8, 4) is 18.2 Å². The van der Waals surface area contributed by atoms with E-state index in [0.29, 0.717) is 49.5 Å². The van der Waals surface area contributed by atoms with E-state index in [9.17, 15) is 33.9 Å². The Bertz CT molecular complexity index is 2570. The summed E-state index contributed by atoms with van der Waals surface area (Å²) in [5, 5.41) is 70.7. The predicted molar refractivity (Wildman–Crippen MR) is 289 cm³/mol. The molecule has 0 saturated carbocycles. The molecule has 3 aliphatic rings. The summed E-state index contributed by atoms with van der Waals surface area (Å²) in [6.45, 7) is 19.8. The topological polar surface area (TPSA) is 367 Å². The van der Waals surface area contributed by atoms with Gasteiger partial charge in [-0.05, 0) is 140 Å². The van der Waals surface area contributed by atoms with Gasteiger partial charge in [0, 0.05) is 67.3 Å². The summed E-state index contributed by atoms with van der Waals surface area (Å²) >= 11 is 2.18. The molecule has 6 rings (SSSR count). The standard InChI is InChI=1S/C17H21N3O4.C12H13N3O2.C10H18O5.C7H4IN.C5H10N2O2.CH2O3.2Na.H/c1-17(2,3)24-16(23)19-7-8-20(14(11-19)15(21)22)13-6-4-5-12(9-13)10-18;13-7-9-2-1-3-10(6-9)15-5-4-14-8-11(15)12(16)17;1-9(2,3)14-7(11)13-8(12)15-10(4,5)6;8-7-3-1-2-6(4-7)5-9;8-5(9)4-3-6-1-2-7-4;2-1-4-3;;;/h4-6,9,14H,7-8,11H2,1-3H3,(H,21,22);1-3,6,11,14H,4-5,8H2,(H,16,17);1-6H3;1-4H;4,6-7H,1-3H2,(H,8,9);1,3H;;;/q;;;;;;2*+1;-1/p-1. The van der Waals surface area contributed by atoms with Crippen LogP contribution in [0.4, 0.5) is 25.8 Å². The van der Waals surface area contributed by atoms with E-state index >= 15 is 0 Å². The maximum absolute atomic E-state index is 12.2. The zero-order valence-electron chi connectivity index (χ0n) is 47.8. The third-order valence-electron chi connectivity index (χ3n) is 9.74. The van der Waals surface area contributed by atoms with Crippen LogP contribution in [0.3, 0.4) is 0 Å². The van der Waals surface area contributed by atoms with Crippen LogP contribution in [0.15, 0.2) is 72.8 Å². The van der Waals surface area contributed by atoms with Crippen LogP contribution in [0.5, 0.6) is 0 Å². The molecule has 3 atom stereocenters. The van der Waals surface area contributed by atoms with Gasteiger partial charge in [0.25, 0.3) is 6.47 Å². The van der Waals surface area contributed by atoms with Crippen molar-refractivity contribution in [3.63, 3.8) is 0 Å². The fraction of sp³-hybridized carbons (Fsp3) is 0.462. The molecule has 0 spiro atoms. The summed E-state index contributed by atoms with van der Waals surface area (Å²) in [6.07, 6.45) is -2.63. The predicted octanol–water partition coefficient (Wildman–Crippen LogP) is -1.29. The van der Waals surface area contributed by atoms with E-state index in [0.717, 1.165) is 34.5 Å². The average molecular weight is 1250 g/mol. The quantitative estimate of drug-likeness (QED) is 0.0244. The number of rotatable bonds is 6. The number of anilines is 2. The number of benzene rings is 3. The van der Waals surface area contributed by atoms with Gasteiger partial charge in [-0.1, -0.05) is 18.2 Å². The summed E-state index contributed by atoms with van der Waals surface area (Å²) in [5.41, 5.74) is 1.16. The van der Waals surface area contributed by atoms with Gasteiger partial charge < -0.3 is 76.5 Å². The van der Waals surface area contributed by atoms with E-state index in [2.05, 4.69) is 60.3 Å². The number of hydrogen-bond donors (Lipinski definition) is 6. The summed E-state index contributed by atoms with van der Waals surface area (Å²) < 4.78 is 20.2. The maximum Gasteiger partial charge on any atom is 1.00 e. The molecule has 1 amide bonds. The molecular weight excluding hydrogens is 1180 g/mol. The third-order valence-corrected chi connectivity index (χ3v) is 10.4. The van der Waals surface area contributed by atoms with Crippen molar-refractivity contribution in [2.45, 2.75) is 97.2 Å². The molecule has 28 heteroatoms. The monoisotopic (exact) mass is 1250 g/mol. The number of piperazine rings is 3. The van der Waals surface area contributed by atoms with Crippen molar-refractivity contribution in [2.24, 2.45) is 0 Å². The third kappa shape index (κ3) is 32.4. The number of aliphatic carboxylic acids is 3. The number of carboxylic acids is 3. The fourth-order valence-electron chi connectivity index (χ4n) is 6.53. The second-order valence-electron chi connectivity index (χ2n) is 19.4. The Morgan fingerprint density at radius 2 is 1.07 bits per heavy atom. The number of carboxylic acid groups (broad SMARTS) is 3. The first-order valence-electron chi connectivity index (χ1n) is 23.8. The normalized spacial score (nSPS) is 16.1. The molecule has 0 aromatic heterocycles. The fourth-order valence-corrected chi connectivity index (χ4v) is 7.08. The number of nitrogens with zero attached hydrogens (tertiary/aromatic N) is 6. The van der Waals surface area contributed by atoms with E-state index < -0.39 is 71.2 Å². The van der Waals surface area contributed by atoms with Crippen LogP contribution in [0.1, 0.15) is 80.4 Å². The smallest absolute Gasteiger partial charge is 1.00 e. The number of carbonyl (C=O) groups excluding carboxylic acids is 4. The molecule has 3 saturated heterocycles. The first kappa shape index (κ1) is 76.3. The number of hydrogen-bond acceptors (Lipinski definition) is 21. The minimum absolute atomic E-state index is 0. The van der Waals surface area contributed by atoms with Crippen molar-refractivity contribution in [1.29, 1.82) is 15.8 Å². The van der Waals surface area contributed by atoms with E-state index in [-0.39, 0.29) is 73.6 Å². The maximum atomic E-state index is 12.2. The van der Waals surface area contributed by atoms with Crippen LogP contribution in [0.2, 0.25) is 0 Å². The summed E-state index contributed by atoms with van der Waals surface area (Å²) in [4.78, 5) is 83.4. The molecule has 0 aliphatic carbocycles. The number of amides is 1. The van der Waals surface area contributed by atoms with Crippen molar-refractivity contribution in [3.05, 3.63) is 93.1 Å². The number of nitriles is 3. The molecule has 3 aliphatic heterocycles. The van der Waals surface area contributed by atoms with Crippen molar-refractivity contribution in [1.82, 2.24) is 20.9 Å². The Morgan fingerprint density at radius 3 is 1.44 bits per heavy atom. The molecule has 25 nitrogen and oxygen atoms in total. The van der Waals surface area contributed by atoms with Gasteiger partial charge in [0.1, 0.15) is 34.9 Å². The van der Waals surface area contributed by atoms with Crippen LogP contribution in [-0.2, 0) is 43.0 Å². The summed E-state index contributed by atoms with van der Waals surface area (Å²) in [5.74, 6) is -2.65. The van der Waals surface area contributed by atoms with E-state index in [4.69, 9.17) is 50.3 Å². The van der Waals surface area contributed by atoms with Crippen LogP contribution in [-0.4, -0.2) is 157 Å². The van der Waals surface area contributed by atoms with Crippen molar-refractivity contribution >= 4 is 76.7 Å². The van der Waals surface area contributed by atoms with Crippen LogP contribution in [0, 0.1) is 37.6 Å². The van der Waals surface area contributed by atoms with Crippen LogP contribution >= 0.6 is 22.6 Å². The first-order chi connectivity index (χ1) is 36.5. The molecule has 3 aromatic carbocycles. The number of halogens is 1. The van der Waals surface area contributed by atoms with Crippen LogP contribution in [0.25, 0.3) is 0 Å². The van der Waals surface area contributed by atoms with E-state index in [1.165, 1.54) is 4.90 Å². The molecule has 426 valence electrons. The van der Waals surface area contributed by atoms with Gasteiger partial charge in [-0.15, -0.1) is 0 Å². The molecule has 0 bridgehead atoms. The zero-order chi connectivity index (χ0) is 59.2. The van der Waals surface area contributed by atoms with Crippen molar-refractivity contribution < 1.29 is 139 Å². The number of carbonyl (C=O) groups is 7. The minimum Gasteiger partial charge on any atom is -1.00 e. The Hall–Kier alpha value is -5.81. The molecule has 3 aromatic rings. The number of ether oxygens (including phenoxy) is 4. The van der Waals surface area contributed by atoms with Gasteiger partial charge in [-0.25, -0.2) is 24.0 Å². The Morgan fingerprint density at radius 1 is 0.637 bits per heavy atom. The van der Waals surface area contributed by atoms with E-state index in [1.807, 2.05) is 35.2 Å². The molecule has 6 N–H and O–H groups in total. The average Bonchev–Trinajstić information content (AvgIpc) is 3.37. The molecule has 3 unspecified atom stereocenters. The summed E-state index contributed by atoms with van der Waals surface area (Å²) in [6, 6.07) is 25.6.